The molecule has 1 aliphatic heterocycles. The molecular formula is C13H23N3O. The Bertz CT molecular complexity index is 315. The highest BCUT2D eigenvalue weighted by Gasteiger charge is 2.22. The summed E-state index contributed by atoms with van der Waals surface area (Å²) in [5.41, 5.74) is 1.40. The van der Waals surface area contributed by atoms with Gasteiger partial charge in [0, 0.05) is 43.5 Å². The number of rotatable bonds is 5. The van der Waals surface area contributed by atoms with Crippen LogP contribution in [0.25, 0.3) is 0 Å². The van der Waals surface area contributed by atoms with Crippen molar-refractivity contribution >= 4 is 0 Å². The third kappa shape index (κ3) is 3.56. The second kappa shape index (κ2) is 5.67. The van der Waals surface area contributed by atoms with Crippen LogP contribution < -0.4 is 10.6 Å². The predicted molar refractivity (Wildman–Crippen MR) is 69.3 cm³/mol. The van der Waals surface area contributed by atoms with Gasteiger partial charge in [0.05, 0.1) is 12.7 Å². The van der Waals surface area contributed by atoms with Crippen LogP contribution >= 0.6 is 0 Å². The fraction of sp³-hybridized carbons (Fsp3) is 0.692. The number of aromatic amines is 1. The van der Waals surface area contributed by atoms with E-state index in [1.165, 1.54) is 5.69 Å². The van der Waals surface area contributed by atoms with Gasteiger partial charge >= 0.3 is 0 Å². The molecule has 2 rings (SSSR count). The van der Waals surface area contributed by atoms with Crippen LogP contribution in [0.3, 0.4) is 0 Å². The van der Waals surface area contributed by atoms with Crippen LogP contribution in [-0.4, -0.2) is 43.9 Å². The Morgan fingerprint density at radius 1 is 1.53 bits per heavy atom. The minimum atomic E-state index is 0.131. The maximum absolute atomic E-state index is 5.65. The predicted octanol–water partition coefficient (Wildman–Crippen LogP) is 0.870. The van der Waals surface area contributed by atoms with E-state index in [2.05, 4.69) is 35.5 Å². The first-order chi connectivity index (χ1) is 8.18. The zero-order chi connectivity index (χ0) is 12.1. The number of aromatic nitrogens is 1. The highest BCUT2D eigenvalue weighted by Crippen LogP contribution is 2.19. The molecule has 1 aromatic heterocycles. The summed E-state index contributed by atoms with van der Waals surface area (Å²) >= 11 is 0. The lowest BCUT2D eigenvalue weighted by Gasteiger charge is -2.28. The third-order valence-electron chi connectivity index (χ3n) is 3.27. The standard InChI is InChI=1S/C13H23N3O/c1-13(2,12-4-3-5-16-12)10-15-9-11-8-14-6-7-17-11/h3-5,11,14-16H,6-10H2,1-2H3. The van der Waals surface area contributed by atoms with E-state index in [1.807, 2.05) is 12.3 Å². The first-order valence-corrected chi connectivity index (χ1v) is 6.35. The lowest BCUT2D eigenvalue weighted by Crippen LogP contribution is -2.46. The minimum absolute atomic E-state index is 0.131. The second-order valence-electron chi connectivity index (χ2n) is 5.30. The molecule has 1 atom stereocenters. The number of H-pyrrole nitrogens is 1. The van der Waals surface area contributed by atoms with E-state index in [0.29, 0.717) is 6.10 Å². The number of hydrogen-bond acceptors (Lipinski definition) is 3. The van der Waals surface area contributed by atoms with Crippen molar-refractivity contribution in [2.75, 3.05) is 32.8 Å². The largest absolute Gasteiger partial charge is 0.374 e. The molecule has 0 aromatic carbocycles. The fourth-order valence-corrected chi connectivity index (χ4v) is 2.14. The summed E-state index contributed by atoms with van der Waals surface area (Å²) in [5, 5.41) is 6.84. The van der Waals surface area contributed by atoms with E-state index in [1.54, 1.807) is 0 Å². The zero-order valence-corrected chi connectivity index (χ0v) is 10.8. The molecule has 4 heteroatoms. The average Bonchev–Trinajstić information content (AvgIpc) is 2.84. The molecule has 1 fully saturated rings. The van der Waals surface area contributed by atoms with Gasteiger partial charge in [0.2, 0.25) is 0 Å². The molecule has 4 nitrogen and oxygen atoms in total. The highest BCUT2D eigenvalue weighted by atomic mass is 16.5. The number of nitrogens with one attached hydrogen (secondary N) is 3. The van der Waals surface area contributed by atoms with Crippen LogP contribution in [0.1, 0.15) is 19.5 Å². The molecule has 0 spiro atoms. The molecule has 17 heavy (non-hydrogen) atoms. The number of morpholine rings is 1. The summed E-state index contributed by atoms with van der Waals surface area (Å²) in [5.74, 6) is 0. The van der Waals surface area contributed by atoms with Crippen molar-refractivity contribution in [3.63, 3.8) is 0 Å². The van der Waals surface area contributed by atoms with Gasteiger partial charge in [-0.1, -0.05) is 13.8 Å². The minimum Gasteiger partial charge on any atom is -0.374 e. The van der Waals surface area contributed by atoms with Crippen molar-refractivity contribution in [1.82, 2.24) is 15.6 Å². The fourth-order valence-electron chi connectivity index (χ4n) is 2.14. The van der Waals surface area contributed by atoms with Gasteiger partial charge in [-0.25, -0.2) is 0 Å². The molecule has 1 saturated heterocycles. The Balaban J connectivity index is 1.74. The van der Waals surface area contributed by atoms with E-state index < -0.39 is 0 Å². The Morgan fingerprint density at radius 2 is 2.41 bits per heavy atom. The quantitative estimate of drug-likeness (QED) is 0.712. The molecule has 3 N–H and O–H groups in total. The molecule has 1 unspecified atom stereocenters. The molecule has 0 amide bonds. The number of ether oxygens (including phenoxy) is 1. The monoisotopic (exact) mass is 237 g/mol. The molecule has 0 saturated carbocycles. The van der Waals surface area contributed by atoms with Crippen molar-refractivity contribution in [1.29, 1.82) is 0 Å². The van der Waals surface area contributed by atoms with Crippen molar-refractivity contribution in [2.24, 2.45) is 0 Å². The highest BCUT2D eigenvalue weighted by molar-refractivity contribution is 5.15. The van der Waals surface area contributed by atoms with E-state index in [0.717, 1.165) is 32.8 Å². The van der Waals surface area contributed by atoms with Gasteiger partial charge in [-0.2, -0.15) is 0 Å². The normalized spacial score (nSPS) is 21.6. The zero-order valence-electron chi connectivity index (χ0n) is 10.8. The molecule has 0 aliphatic carbocycles. The lowest BCUT2D eigenvalue weighted by molar-refractivity contribution is 0.0286. The molecule has 0 radical (unpaired) electrons. The second-order valence-corrected chi connectivity index (χ2v) is 5.30. The van der Waals surface area contributed by atoms with Gasteiger partial charge in [0.25, 0.3) is 0 Å². The van der Waals surface area contributed by atoms with E-state index >= 15 is 0 Å². The summed E-state index contributed by atoms with van der Waals surface area (Å²) in [6.45, 7) is 9.11. The maximum Gasteiger partial charge on any atom is 0.0824 e. The van der Waals surface area contributed by atoms with E-state index in [4.69, 9.17) is 4.74 Å². The lowest BCUT2D eigenvalue weighted by atomic mass is 9.89. The van der Waals surface area contributed by atoms with Gasteiger partial charge in [0.15, 0.2) is 0 Å². The summed E-state index contributed by atoms with van der Waals surface area (Å²) < 4.78 is 5.65. The van der Waals surface area contributed by atoms with Crippen LogP contribution in [0, 0.1) is 0 Å². The Morgan fingerprint density at radius 3 is 3.06 bits per heavy atom. The molecule has 1 aliphatic rings. The summed E-state index contributed by atoms with van der Waals surface area (Å²) in [4.78, 5) is 3.28. The van der Waals surface area contributed by atoms with Crippen molar-refractivity contribution in [2.45, 2.75) is 25.4 Å². The summed E-state index contributed by atoms with van der Waals surface area (Å²) in [7, 11) is 0. The molecule has 1 aromatic rings. The third-order valence-corrected chi connectivity index (χ3v) is 3.27. The summed E-state index contributed by atoms with van der Waals surface area (Å²) in [6, 6.07) is 4.19. The first-order valence-electron chi connectivity index (χ1n) is 6.35. The van der Waals surface area contributed by atoms with Crippen LogP contribution in [0.5, 0.6) is 0 Å². The number of hydrogen-bond donors (Lipinski definition) is 3. The van der Waals surface area contributed by atoms with Gasteiger partial charge in [-0.3, -0.25) is 0 Å². The molecule has 96 valence electrons. The van der Waals surface area contributed by atoms with Gasteiger partial charge in [-0.15, -0.1) is 0 Å². The van der Waals surface area contributed by atoms with Crippen LogP contribution in [-0.2, 0) is 10.2 Å². The smallest absolute Gasteiger partial charge is 0.0824 e. The SMILES string of the molecule is CC(C)(CNCC1CNCCO1)c1ccc[nH]1. The van der Waals surface area contributed by atoms with Gasteiger partial charge in [-0.05, 0) is 12.1 Å². The van der Waals surface area contributed by atoms with Crippen molar-refractivity contribution < 1.29 is 4.74 Å². The van der Waals surface area contributed by atoms with E-state index in [-0.39, 0.29) is 5.41 Å². The molecule has 2 heterocycles. The van der Waals surface area contributed by atoms with Crippen LogP contribution in [0.4, 0.5) is 0 Å². The van der Waals surface area contributed by atoms with Crippen molar-refractivity contribution in [3.05, 3.63) is 24.0 Å². The molecular weight excluding hydrogens is 214 g/mol. The Kier molecular flexibility index (Phi) is 4.20. The Hall–Kier alpha value is -0.840. The van der Waals surface area contributed by atoms with E-state index in [9.17, 15) is 0 Å². The van der Waals surface area contributed by atoms with Gasteiger partial charge < -0.3 is 20.4 Å². The first kappa shape index (κ1) is 12.6. The molecule has 0 bridgehead atoms. The van der Waals surface area contributed by atoms with Crippen LogP contribution in [0.15, 0.2) is 18.3 Å². The summed E-state index contributed by atoms with van der Waals surface area (Å²) in [6.07, 6.45) is 2.29. The Labute approximate surface area is 103 Å². The topological polar surface area (TPSA) is 49.1 Å². The van der Waals surface area contributed by atoms with Crippen molar-refractivity contribution in [3.8, 4) is 0 Å². The van der Waals surface area contributed by atoms with Gasteiger partial charge in [0.1, 0.15) is 0 Å². The van der Waals surface area contributed by atoms with Crippen LogP contribution in [0.2, 0.25) is 0 Å². The average molecular weight is 237 g/mol. The maximum atomic E-state index is 5.65.